The van der Waals surface area contributed by atoms with Crippen molar-refractivity contribution in [2.75, 3.05) is 6.61 Å². The standard InChI is InChI=1S/C23H16N2O3/c26-22(18-10-9-16-5-1-2-6-17(16)13-18)15-28-23(27)12-11-19-14-24-20-7-3-4-8-21(20)25-19/h1-14H,15H2/b12-11+. The van der Waals surface area contributed by atoms with E-state index in [0.717, 1.165) is 21.8 Å². The lowest BCUT2D eigenvalue weighted by atomic mass is 10.0. The minimum atomic E-state index is -0.607. The number of fused-ring (bicyclic) bond motifs is 2. The molecule has 0 fully saturated rings. The summed E-state index contributed by atoms with van der Waals surface area (Å²) in [6.07, 6.45) is 4.33. The summed E-state index contributed by atoms with van der Waals surface area (Å²) in [4.78, 5) is 32.9. The van der Waals surface area contributed by atoms with Crippen molar-refractivity contribution in [2.24, 2.45) is 0 Å². The van der Waals surface area contributed by atoms with Crippen molar-refractivity contribution in [2.45, 2.75) is 0 Å². The summed E-state index contributed by atoms with van der Waals surface area (Å²) in [6, 6.07) is 20.6. The molecule has 0 amide bonds. The summed E-state index contributed by atoms with van der Waals surface area (Å²) in [5.41, 5.74) is 2.57. The van der Waals surface area contributed by atoms with Crippen LogP contribution in [0.15, 0.2) is 79.0 Å². The molecule has 0 saturated heterocycles. The zero-order chi connectivity index (χ0) is 19.3. The molecular formula is C23H16N2O3. The molecule has 136 valence electrons. The topological polar surface area (TPSA) is 69.2 Å². The molecule has 5 heteroatoms. The van der Waals surface area contributed by atoms with Gasteiger partial charge in [0.05, 0.1) is 22.9 Å². The number of rotatable bonds is 5. The highest BCUT2D eigenvalue weighted by Crippen LogP contribution is 2.16. The first-order valence-electron chi connectivity index (χ1n) is 8.78. The molecule has 3 aromatic carbocycles. The highest BCUT2D eigenvalue weighted by Gasteiger charge is 2.09. The number of ketones is 1. The van der Waals surface area contributed by atoms with E-state index < -0.39 is 5.97 Å². The number of hydrogen-bond acceptors (Lipinski definition) is 5. The second-order valence-electron chi connectivity index (χ2n) is 6.21. The smallest absolute Gasteiger partial charge is 0.331 e. The molecule has 1 aromatic heterocycles. The number of nitrogens with zero attached hydrogens (tertiary/aromatic N) is 2. The first-order chi connectivity index (χ1) is 13.7. The van der Waals surface area contributed by atoms with Gasteiger partial charge in [-0.15, -0.1) is 0 Å². The number of benzene rings is 3. The van der Waals surface area contributed by atoms with E-state index in [2.05, 4.69) is 9.97 Å². The first kappa shape index (κ1) is 17.5. The molecule has 0 aliphatic carbocycles. The maximum Gasteiger partial charge on any atom is 0.331 e. The van der Waals surface area contributed by atoms with Crippen LogP contribution in [0.25, 0.3) is 27.9 Å². The highest BCUT2D eigenvalue weighted by atomic mass is 16.5. The third-order valence-corrected chi connectivity index (χ3v) is 4.27. The minimum absolute atomic E-state index is 0.252. The van der Waals surface area contributed by atoms with Crippen molar-refractivity contribution in [3.63, 3.8) is 0 Å². The van der Waals surface area contributed by atoms with Crippen LogP contribution in [-0.2, 0) is 9.53 Å². The number of hydrogen-bond donors (Lipinski definition) is 0. The van der Waals surface area contributed by atoms with Gasteiger partial charge in [-0.2, -0.15) is 0 Å². The Balaban J connectivity index is 1.38. The van der Waals surface area contributed by atoms with Crippen LogP contribution in [0.1, 0.15) is 16.1 Å². The molecule has 5 nitrogen and oxygen atoms in total. The maximum absolute atomic E-state index is 12.3. The molecule has 0 saturated carbocycles. The van der Waals surface area contributed by atoms with Gasteiger partial charge < -0.3 is 4.74 Å². The second kappa shape index (κ2) is 7.80. The van der Waals surface area contributed by atoms with Crippen molar-refractivity contribution < 1.29 is 14.3 Å². The van der Waals surface area contributed by atoms with E-state index in [1.54, 1.807) is 18.3 Å². The molecule has 1 heterocycles. The number of esters is 1. The van der Waals surface area contributed by atoms with E-state index in [1.807, 2.05) is 54.6 Å². The molecule has 0 bridgehead atoms. The average molecular weight is 368 g/mol. The van der Waals surface area contributed by atoms with Gasteiger partial charge in [-0.1, -0.05) is 48.5 Å². The van der Waals surface area contributed by atoms with E-state index in [4.69, 9.17) is 4.74 Å². The van der Waals surface area contributed by atoms with Crippen molar-refractivity contribution >= 4 is 39.6 Å². The first-order valence-corrected chi connectivity index (χ1v) is 8.78. The van der Waals surface area contributed by atoms with Gasteiger partial charge in [0.2, 0.25) is 0 Å². The zero-order valence-electron chi connectivity index (χ0n) is 14.9. The van der Waals surface area contributed by atoms with E-state index in [9.17, 15) is 9.59 Å². The summed E-state index contributed by atoms with van der Waals surface area (Å²) < 4.78 is 5.06. The van der Waals surface area contributed by atoms with Crippen molar-refractivity contribution in [3.05, 3.63) is 90.3 Å². The summed E-state index contributed by atoms with van der Waals surface area (Å²) in [6.45, 7) is -0.315. The van der Waals surface area contributed by atoms with Crippen LogP contribution in [0.5, 0.6) is 0 Å². The summed E-state index contributed by atoms with van der Waals surface area (Å²) in [5, 5.41) is 2.02. The summed E-state index contributed by atoms with van der Waals surface area (Å²) in [5.74, 6) is -0.859. The van der Waals surface area contributed by atoms with Crippen LogP contribution in [0.2, 0.25) is 0 Å². The number of aromatic nitrogens is 2. The van der Waals surface area contributed by atoms with Crippen molar-refractivity contribution in [1.29, 1.82) is 0 Å². The number of carbonyl (C=O) groups is 2. The Bertz CT molecular complexity index is 1210. The molecule has 28 heavy (non-hydrogen) atoms. The molecule has 4 rings (SSSR count). The van der Waals surface area contributed by atoms with Gasteiger partial charge in [-0.3, -0.25) is 9.78 Å². The number of ether oxygens (including phenoxy) is 1. The van der Waals surface area contributed by atoms with Gasteiger partial charge in [0, 0.05) is 11.6 Å². The van der Waals surface area contributed by atoms with Crippen LogP contribution in [-0.4, -0.2) is 28.3 Å². The van der Waals surface area contributed by atoms with Gasteiger partial charge in [-0.05, 0) is 35.0 Å². The molecule has 4 aromatic rings. The monoisotopic (exact) mass is 368 g/mol. The summed E-state index contributed by atoms with van der Waals surface area (Å²) >= 11 is 0. The fourth-order valence-corrected chi connectivity index (χ4v) is 2.84. The molecule has 0 aliphatic rings. The number of carbonyl (C=O) groups excluding carboxylic acids is 2. The SMILES string of the molecule is O=C(/C=C/c1cnc2ccccc2n1)OCC(=O)c1ccc2ccccc2c1. The van der Waals surface area contributed by atoms with Crippen LogP contribution in [0.4, 0.5) is 0 Å². The largest absolute Gasteiger partial charge is 0.454 e. The average Bonchev–Trinajstić information content (AvgIpc) is 2.75. The molecule has 0 radical (unpaired) electrons. The van der Waals surface area contributed by atoms with E-state index in [1.165, 1.54) is 12.2 Å². The van der Waals surface area contributed by atoms with E-state index in [-0.39, 0.29) is 12.4 Å². The van der Waals surface area contributed by atoms with Gasteiger partial charge in [0.15, 0.2) is 12.4 Å². The molecule has 0 atom stereocenters. The van der Waals surface area contributed by atoms with Crippen LogP contribution < -0.4 is 0 Å². The Hall–Kier alpha value is -3.86. The van der Waals surface area contributed by atoms with Gasteiger partial charge in [0.25, 0.3) is 0 Å². The Morgan fingerprint density at radius 1 is 0.893 bits per heavy atom. The quantitative estimate of drug-likeness (QED) is 0.300. The maximum atomic E-state index is 12.3. The van der Waals surface area contributed by atoms with Crippen LogP contribution >= 0.6 is 0 Å². The van der Waals surface area contributed by atoms with E-state index in [0.29, 0.717) is 11.3 Å². The predicted octanol–water partition coefficient (Wildman–Crippen LogP) is 4.22. The number of para-hydroxylation sites is 2. The molecular weight excluding hydrogens is 352 g/mol. The van der Waals surface area contributed by atoms with Gasteiger partial charge in [-0.25, -0.2) is 9.78 Å². The van der Waals surface area contributed by atoms with Crippen molar-refractivity contribution in [3.8, 4) is 0 Å². The van der Waals surface area contributed by atoms with Crippen LogP contribution in [0.3, 0.4) is 0 Å². The Morgan fingerprint density at radius 3 is 2.50 bits per heavy atom. The van der Waals surface area contributed by atoms with Gasteiger partial charge >= 0.3 is 5.97 Å². The number of Topliss-reactive ketones (excluding diaryl/α,β-unsaturated/α-hetero) is 1. The lowest BCUT2D eigenvalue weighted by Gasteiger charge is -2.04. The van der Waals surface area contributed by atoms with Crippen molar-refractivity contribution in [1.82, 2.24) is 9.97 Å². The predicted molar refractivity (Wildman–Crippen MR) is 108 cm³/mol. The lowest BCUT2D eigenvalue weighted by molar-refractivity contribution is -0.136. The Morgan fingerprint density at radius 2 is 1.64 bits per heavy atom. The third-order valence-electron chi connectivity index (χ3n) is 4.27. The minimum Gasteiger partial charge on any atom is -0.454 e. The Labute approximate surface area is 161 Å². The zero-order valence-corrected chi connectivity index (χ0v) is 14.9. The molecule has 0 N–H and O–H groups in total. The molecule has 0 unspecified atom stereocenters. The normalized spacial score (nSPS) is 11.1. The molecule has 0 spiro atoms. The third kappa shape index (κ3) is 3.94. The molecule has 0 aliphatic heterocycles. The highest BCUT2D eigenvalue weighted by molar-refractivity contribution is 6.01. The Kier molecular flexibility index (Phi) is 4.89. The lowest BCUT2D eigenvalue weighted by Crippen LogP contribution is -2.12. The van der Waals surface area contributed by atoms with E-state index >= 15 is 0 Å². The van der Waals surface area contributed by atoms with Gasteiger partial charge in [0.1, 0.15) is 0 Å². The second-order valence-corrected chi connectivity index (χ2v) is 6.21. The fourth-order valence-electron chi connectivity index (χ4n) is 2.84. The fraction of sp³-hybridized carbons (Fsp3) is 0.0435. The summed E-state index contributed by atoms with van der Waals surface area (Å²) in [7, 11) is 0. The van der Waals surface area contributed by atoms with Crippen LogP contribution in [0, 0.1) is 0 Å².